The van der Waals surface area contributed by atoms with Gasteiger partial charge >= 0.3 is 6.09 Å². The number of unbranched alkanes of at least 4 members (excludes halogenated alkanes) is 1. The molecule has 2 rings (SSSR count). The highest BCUT2D eigenvalue weighted by Gasteiger charge is 2.24. The lowest BCUT2D eigenvalue weighted by Gasteiger charge is -2.28. The van der Waals surface area contributed by atoms with Crippen molar-refractivity contribution < 1.29 is 19.4 Å². The first-order valence-corrected chi connectivity index (χ1v) is 11.5. The van der Waals surface area contributed by atoms with Gasteiger partial charge in [0.05, 0.1) is 19.3 Å². The minimum Gasteiger partial charge on any atom is -0.494 e. The van der Waals surface area contributed by atoms with Gasteiger partial charge in [-0.15, -0.1) is 0 Å². The summed E-state index contributed by atoms with van der Waals surface area (Å²) in [4.78, 5) is 14.2. The molecular weight excluding hydrogens is 404 g/mol. The van der Waals surface area contributed by atoms with E-state index < -0.39 is 18.2 Å². The highest BCUT2D eigenvalue weighted by molar-refractivity contribution is 5.67. The van der Waals surface area contributed by atoms with Crippen LogP contribution in [0, 0.1) is 5.92 Å². The monoisotopic (exact) mass is 442 g/mol. The Hall–Kier alpha value is -2.57. The van der Waals surface area contributed by atoms with Crippen LogP contribution in [0.3, 0.4) is 0 Å². The van der Waals surface area contributed by atoms with Crippen LogP contribution in [0.1, 0.15) is 44.7 Å². The molecule has 0 unspecified atom stereocenters. The summed E-state index contributed by atoms with van der Waals surface area (Å²) in [5.41, 5.74) is 8.21. The Labute approximate surface area is 192 Å². The van der Waals surface area contributed by atoms with Gasteiger partial charge in [-0.25, -0.2) is 4.79 Å². The number of hydrogen-bond acceptors (Lipinski definition) is 5. The molecule has 0 saturated carbocycles. The molecule has 6 nitrogen and oxygen atoms in total. The zero-order valence-corrected chi connectivity index (χ0v) is 19.6. The number of carbonyl (C=O) groups excluding carboxylic acids is 1. The lowest BCUT2D eigenvalue weighted by atomic mass is 10.0. The number of aliphatic hydroxyl groups is 1. The molecular formula is C26H38N2O4. The van der Waals surface area contributed by atoms with Gasteiger partial charge < -0.3 is 25.2 Å². The van der Waals surface area contributed by atoms with Crippen molar-refractivity contribution in [1.29, 1.82) is 0 Å². The predicted molar refractivity (Wildman–Crippen MR) is 128 cm³/mol. The SMILES string of the molecule is CCCCOc1ccc(C[C@H](N)[C@H](O)CN(CC(C)C)C(=O)OCc2ccccc2)cc1. The molecule has 0 fully saturated rings. The fraction of sp³-hybridized carbons (Fsp3) is 0.500. The van der Waals surface area contributed by atoms with Gasteiger partial charge in [0.2, 0.25) is 0 Å². The van der Waals surface area contributed by atoms with Crippen molar-refractivity contribution in [2.24, 2.45) is 11.7 Å². The number of ether oxygens (including phenoxy) is 2. The van der Waals surface area contributed by atoms with E-state index >= 15 is 0 Å². The molecule has 2 aromatic carbocycles. The minimum atomic E-state index is -0.862. The molecule has 2 aromatic rings. The maximum absolute atomic E-state index is 12.7. The molecule has 1 amide bonds. The normalized spacial score (nSPS) is 12.9. The zero-order chi connectivity index (χ0) is 23.3. The van der Waals surface area contributed by atoms with E-state index in [1.165, 1.54) is 0 Å². The van der Waals surface area contributed by atoms with Crippen molar-refractivity contribution in [3.63, 3.8) is 0 Å². The van der Waals surface area contributed by atoms with Gasteiger partial charge in [0.25, 0.3) is 0 Å². The van der Waals surface area contributed by atoms with Crippen LogP contribution in [0.25, 0.3) is 0 Å². The van der Waals surface area contributed by atoms with Crippen molar-refractivity contribution in [3.8, 4) is 5.75 Å². The van der Waals surface area contributed by atoms with E-state index in [0.717, 1.165) is 29.7 Å². The fourth-order valence-electron chi connectivity index (χ4n) is 3.30. The zero-order valence-electron chi connectivity index (χ0n) is 19.6. The molecule has 0 saturated heterocycles. The second-order valence-corrected chi connectivity index (χ2v) is 8.62. The van der Waals surface area contributed by atoms with Crippen LogP contribution in [0.5, 0.6) is 5.75 Å². The Bertz CT molecular complexity index is 780. The number of rotatable bonds is 13. The molecule has 0 aliphatic rings. The number of nitrogens with two attached hydrogens (primary N) is 1. The Kier molecular flexibility index (Phi) is 11.0. The second kappa shape index (κ2) is 13.8. The van der Waals surface area contributed by atoms with Gasteiger partial charge in [-0.2, -0.15) is 0 Å². The van der Waals surface area contributed by atoms with E-state index in [-0.39, 0.29) is 19.1 Å². The maximum Gasteiger partial charge on any atom is 0.410 e. The Morgan fingerprint density at radius 2 is 1.72 bits per heavy atom. The van der Waals surface area contributed by atoms with Gasteiger partial charge in [-0.05, 0) is 42.0 Å². The number of aliphatic hydroxyl groups excluding tert-OH is 1. The number of amides is 1. The fourth-order valence-corrected chi connectivity index (χ4v) is 3.30. The van der Waals surface area contributed by atoms with Crippen LogP contribution in [0.2, 0.25) is 0 Å². The smallest absolute Gasteiger partial charge is 0.410 e. The quantitative estimate of drug-likeness (QED) is 0.450. The van der Waals surface area contributed by atoms with Crippen LogP contribution in [-0.2, 0) is 17.8 Å². The summed E-state index contributed by atoms with van der Waals surface area (Å²) in [5.74, 6) is 1.07. The van der Waals surface area contributed by atoms with Crippen molar-refractivity contribution in [3.05, 3.63) is 65.7 Å². The molecule has 2 atom stereocenters. The summed E-state index contributed by atoms with van der Waals surface area (Å²) in [6.45, 7) is 7.70. The first-order chi connectivity index (χ1) is 15.4. The van der Waals surface area contributed by atoms with Crippen molar-refractivity contribution in [2.45, 2.75) is 58.8 Å². The third kappa shape index (κ3) is 9.28. The Morgan fingerprint density at radius 3 is 2.34 bits per heavy atom. The number of carbonyl (C=O) groups is 1. The molecule has 6 heteroatoms. The van der Waals surface area contributed by atoms with Crippen molar-refractivity contribution in [2.75, 3.05) is 19.7 Å². The molecule has 0 aliphatic carbocycles. The van der Waals surface area contributed by atoms with Crippen LogP contribution < -0.4 is 10.5 Å². The molecule has 0 aromatic heterocycles. The molecule has 0 heterocycles. The molecule has 3 N–H and O–H groups in total. The molecule has 0 aliphatic heterocycles. The van der Waals surface area contributed by atoms with E-state index in [1.54, 1.807) is 4.90 Å². The molecule has 32 heavy (non-hydrogen) atoms. The lowest BCUT2D eigenvalue weighted by molar-refractivity contribution is 0.0562. The largest absolute Gasteiger partial charge is 0.494 e. The highest BCUT2D eigenvalue weighted by atomic mass is 16.6. The van der Waals surface area contributed by atoms with E-state index in [1.807, 2.05) is 68.4 Å². The highest BCUT2D eigenvalue weighted by Crippen LogP contribution is 2.15. The van der Waals surface area contributed by atoms with Crippen LogP contribution in [0.15, 0.2) is 54.6 Å². The van der Waals surface area contributed by atoms with Gasteiger partial charge in [0.15, 0.2) is 0 Å². The second-order valence-electron chi connectivity index (χ2n) is 8.62. The summed E-state index contributed by atoms with van der Waals surface area (Å²) in [6.07, 6.45) is 1.32. The third-order valence-corrected chi connectivity index (χ3v) is 5.11. The van der Waals surface area contributed by atoms with Gasteiger partial charge in [-0.1, -0.05) is 69.7 Å². The molecule has 0 spiro atoms. The molecule has 0 bridgehead atoms. The molecule has 0 radical (unpaired) electrons. The topological polar surface area (TPSA) is 85.0 Å². The minimum absolute atomic E-state index is 0.130. The number of nitrogens with zero attached hydrogens (tertiary/aromatic N) is 1. The van der Waals surface area contributed by atoms with Gasteiger partial charge in [0.1, 0.15) is 12.4 Å². The van der Waals surface area contributed by atoms with Gasteiger partial charge in [-0.3, -0.25) is 0 Å². The Balaban J connectivity index is 1.88. The number of benzene rings is 2. The third-order valence-electron chi connectivity index (χ3n) is 5.11. The van der Waals surface area contributed by atoms with Gasteiger partial charge in [0, 0.05) is 12.6 Å². The first kappa shape index (κ1) is 25.7. The van der Waals surface area contributed by atoms with Crippen molar-refractivity contribution in [1.82, 2.24) is 4.90 Å². The molecule has 176 valence electrons. The first-order valence-electron chi connectivity index (χ1n) is 11.5. The van der Waals surface area contributed by atoms with Crippen molar-refractivity contribution >= 4 is 6.09 Å². The van der Waals surface area contributed by atoms with Crippen LogP contribution >= 0.6 is 0 Å². The number of hydrogen-bond donors (Lipinski definition) is 2. The average molecular weight is 443 g/mol. The summed E-state index contributed by atoms with van der Waals surface area (Å²) >= 11 is 0. The summed E-state index contributed by atoms with van der Waals surface area (Å²) in [5, 5.41) is 10.7. The summed E-state index contributed by atoms with van der Waals surface area (Å²) in [6, 6.07) is 16.8. The van der Waals surface area contributed by atoms with E-state index in [2.05, 4.69) is 6.92 Å². The summed E-state index contributed by atoms with van der Waals surface area (Å²) < 4.78 is 11.2. The average Bonchev–Trinajstić information content (AvgIpc) is 2.78. The maximum atomic E-state index is 12.7. The Morgan fingerprint density at radius 1 is 1.03 bits per heavy atom. The lowest BCUT2D eigenvalue weighted by Crippen LogP contribution is -2.47. The predicted octanol–water partition coefficient (Wildman–Crippen LogP) is 4.39. The van der Waals surface area contributed by atoms with E-state index in [4.69, 9.17) is 15.2 Å². The summed E-state index contributed by atoms with van der Waals surface area (Å²) in [7, 11) is 0. The van der Waals surface area contributed by atoms with E-state index in [0.29, 0.717) is 19.6 Å². The van der Waals surface area contributed by atoms with Crippen LogP contribution in [0.4, 0.5) is 4.79 Å². The van der Waals surface area contributed by atoms with Crippen LogP contribution in [-0.4, -0.2) is 47.9 Å². The van der Waals surface area contributed by atoms with E-state index in [9.17, 15) is 9.90 Å². The standard InChI is InChI=1S/C26H38N2O4/c1-4-5-15-31-23-13-11-21(12-14-23)16-24(27)25(29)18-28(17-20(2)3)26(30)32-19-22-9-7-6-8-10-22/h6-14,20,24-25,29H,4-5,15-19,27H2,1-3H3/t24-,25+/m0/s1.